The number of fused-ring (bicyclic) bond motifs is 1. The number of amides is 1. The molecule has 7 heteroatoms. The first kappa shape index (κ1) is 18.6. The Morgan fingerprint density at radius 2 is 2.14 bits per heavy atom. The van der Waals surface area contributed by atoms with Gasteiger partial charge >= 0.3 is 0 Å². The summed E-state index contributed by atoms with van der Waals surface area (Å²) >= 11 is 0. The highest BCUT2D eigenvalue weighted by atomic mass is 19.1. The molecule has 0 unspecified atom stereocenters. The predicted octanol–water partition coefficient (Wildman–Crippen LogP) is 3.13. The highest BCUT2D eigenvalue weighted by molar-refractivity contribution is 5.95. The Kier molecular flexibility index (Phi) is 4.87. The maximum Gasteiger partial charge on any atom is 0.253 e. The number of nitrogens with two attached hydrogens (primary N) is 1. The Bertz CT molecular complexity index is 1050. The number of rotatable bonds is 4. The van der Waals surface area contributed by atoms with E-state index in [4.69, 9.17) is 10.5 Å². The molecule has 0 saturated carbocycles. The molecule has 1 aromatic heterocycles. The van der Waals surface area contributed by atoms with Gasteiger partial charge in [-0.05, 0) is 55.7 Å². The van der Waals surface area contributed by atoms with Crippen LogP contribution in [0.1, 0.15) is 18.4 Å². The average Bonchev–Trinajstić information content (AvgIpc) is 3.28. The van der Waals surface area contributed by atoms with Gasteiger partial charge in [0.1, 0.15) is 17.7 Å². The van der Waals surface area contributed by atoms with Gasteiger partial charge in [0.15, 0.2) is 0 Å². The monoisotopic (exact) mass is 382 g/mol. The van der Waals surface area contributed by atoms with E-state index in [9.17, 15) is 9.18 Å². The van der Waals surface area contributed by atoms with Crippen LogP contribution in [0.25, 0.3) is 22.4 Å². The molecule has 1 saturated heterocycles. The molecule has 1 amide bonds. The summed E-state index contributed by atoms with van der Waals surface area (Å²) in [5, 5.41) is 2.94. The first-order chi connectivity index (χ1) is 13.5. The van der Waals surface area contributed by atoms with Crippen molar-refractivity contribution in [3.63, 3.8) is 0 Å². The number of nitrogens with one attached hydrogen (secondary N) is 1. The van der Waals surface area contributed by atoms with Gasteiger partial charge < -0.3 is 20.4 Å². The summed E-state index contributed by atoms with van der Waals surface area (Å²) in [6.07, 6.45) is 0.991. The topological polar surface area (TPSA) is 82.2 Å². The van der Waals surface area contributed by atoms with Crippen molar-refractivity contribution in [2.24, 2.45) is 12.8 Å². The fourth-order valence-electron chi connectivity index (χ4n) is 3.66. The first-order valence-electron chi connectivity index (χ1n) is 9.35. The largest absolute Gasteiger partial charge is 0.364 e. The molecule has 0 spiro atoms. The van der Waals surface area contributed by atoms with Crippen molar-refractivity contribution in [3.8, 4) is 11.4 Å². The lowest BCUT2D eigenvalue weighted by molar-refractivity contribution is -0.126. The Hall–Kier alpha value is -2.77. The third kappa shape index (κ3) is 3.39. The van der Waals surface area contributed by atoms with E-state index in [1.165, 1.54) is 12.1 Å². The van der Waals surface area contributed by atoms with Crippen LogP contribution >= 0.6 is 0 Å². The van der Waals surface area contributed by atoms with Crippen LogP contribution in [0.4, 0.5) is 10.1 Å². The number of halogens is 1. The van der Waals surface area contributed by atoms with Crippen LogP contribution < -0.4 is 11.1 Å². The van der Waals surface area contributed by atoms with Gasteiger partial charge in [0.05, 0.1) is 17.1 Å². The van der Waals surface area contributed by atoms with Gasteiger partial charge in [-0.15, -0.1) is 0 Å². The van der Waals surface area contributed by atoms with Crippen molar-refractivity contribution in [2.75, 3.05) is 11.9 Å². The van der Waals surface area contributed by atoms with E-state index in [-0.39, 0.29) is 17.8 Å². The summed E-state index contributed by atoms with van der Waals surface area (Å²) < 4.78 is 21.1. The van der Waals surface area contributed by atoms with Crippen molar-refractivity contribution in [3.05, 3.63) is 47.8 Å². The van der Waals surface area contributed by atoms with Gasteiger partial charge in [-0.3, -0.25) is 4.79 Å². The van der Waals surface area contributed by atoms with Crippen molar-refractivity contribution in [2.45, 2.75) is 32.0 Å². The van der Waals surface area contributed by atoms with E-state index in [1.807, 2.05) is 36.7 Å². The van der Waals surface area contributed by atoms with Crippen molar-refractivity contribution in [1.82, 2.24) is 9.55 Å². The molecule has 0 aliphatic carbocycles. The average molecular weight is 382 g/mol. The van der Waals surface area contributed by atoms with Crippen LogP contribution in [0, 0.1) is 12.7 Å². The maximum absolute atomic E-state index is 13.5. The fourth-order valence-corrected chi connectivity index (χ4v) is 3.66. The first-order valence-corrected chi connectivity index (χ1v) is 9.35. The molecule has 146 valence electrons. The van der Waals surface area contributed by atoms with Crippen LogP contribution in [0.2, 0.25) is 0 Å². The number of aromatic nitrogens is 2. The Morgan fingerprint density at radius 3 is 2.86 bits per heavy atom. The molecule has 4 rings (SSSR count). The summed E-state index contributed by atoms with van der Waals surface area (Å²) in [7, 11) is 1.90. The molecule has 0 radical (unpaired) electrons. The van der Waals surface area contributed by atoms with Crippen LogP contribution in [0.15, 0.2) is 36.4 Å². The second-order valence-corrected chi connectivity index (χ2v) is 7.21. The lowest BCUT2D eigenvalue weighted by Gasteiger charge is -2.15. The summed E-state index contributed by atoms with van der Waals surface area (Å²) in [5.41, 5.74) is 9.63. The number of carbonyl (C=O) groups is 1. The van der Waals surface area contributed by atoms with Gasteiger partial charge in [-0.25, -0.2) is 9.37 Å². The molecular formula is C21H23FN4O2. The lowest BCUT2D eigenvalue weighted by Crippen LogP contribution is -2.30. The minimum atomic E-state index is -0.456. The number of hydrogen-bond acceptors (Lipinski definition) is 4. The van der Waals surface area contributed by atoms with Crippen molar-refractivity contribution in [1.29, 1.82) is 0 Å². The molecule has 1 aliphatic rings. The number of hydrogen-bond donors (Lipinski definition) is 2. The minimum Gasteiger partial charge on any atom is -0.364 e. The number of anilines is 1. The Balaban J connectivity index is 1.57. The zero-order chi connectivity index (χ0) is 19.8. The molecule has 1 fully saturated rings. The summed E-state index contributed by atoms with van der Waals surface area (Å²) in [5.74, 6) is 0.286. The highest BCUT2D eigenvalue weighted by Crippen LogP contribution is 2.28. The third-order valence-corrected chi connectivity index (χ3v) is 5.25. The van der Waals surface area contributed by atoms with E-state index < -0.39 is 6.10 Å². The second-order valence-electron chi connectivity index (χ2n) is 7.21. The quantitative estimate of drug-likeness (QED) is 0.726. The number of nitrogens with zero attached hydrogens (tertiary/aromatic N) is 2. The molecule has 28 heavy (non-hydrogen) atoms. The number of aryl methyl sites for hydroxylation is 2. The van der Waals surface area contributed by atoms with E-state index >= 15 is 0 Å². The fraction of sp³-hybridized carbons (Fsp3) is 0.333. The summed E-state index contributed by atoms with van der Waals surface area (Å²) in [4.78, 5) is 17.0. The smallest absolute Gasteiger partial charge is 0.253 e. The Morgan fingerprint density at radius 1 is 1.32 bits per heavy atom. The van der Waals surface area contributed by atoms with Crippen LogP contribution in [-0.4, -0.2) is 34.2 Å². The van der Waals surface area contributed by atoms with Crippen LogP contribution in [0.5, 0.6) is 0 Å². The predicted molar refractivity (Wildman–Crippen MR) is 106 cm³/mol. The SMILES string of the molecule is Cc1cc(-c2nc3cc(F)ccc3n2C)ccc1NC(=O)[C@@H]1CC[C@H](CN)O1. The molecular weight excluding hydrogens is 359 g/mol. The van der Waals surface area contributed by atoms with Gasteiger partial charge in [0.2, 0.25) is 0 Å². The van der Waals surface area contributed by atoms with Gasteiger partial charge in [-0.2, -0.15) is 0 Å². The maximum atomic E-state index is 13.5. The van der Waals surface area contributed by atoms with E-state index in [2.05, 4.69) is 10.3 Å². The number of benzene rings is 2. The molecule has 2 heterocycles. The van der Waals surface area contributed by atoms with Crippen LogP contribution in [-0.2, 0) is 16.6 Å². The van der Waals surface area contributed by atoms with Gasteiger partial charge in [-0.1, -0.05) is 0 Å². The summed E-state index contributed by atoms with van der Waals surface area (Å²) in [6, 6.07) is 10.3. The van der Waals surface area contributed by atoms with Crippen molar-refractivity contribution < 1.29 is 13.9 Å². The van der Waals surface area contributed by atoms with E-state index in [0.29, 0.717) is 18.5 Å². The standard InChI is InChI=1S/C21H23FN4O2/c1-12-9-13(20-24-17-10-14(22)4-7-18(17)26(20)2)3-6-16(12)25-21(27)19-8-5-15(11-23)28-19/h3-4,6-7,9-10,15,19H,5,8,11,23H2,1-2H3,(H,25,27)/t15-,19+/m1/s1. The third-order valence-electron chi connectivity index (χ3n) is 5.25. The van der Waals surface area contributed by atoms with Gasteiger partial charge in [0.25, 0.3) is 5.91 Å². The van der Waals surface area contributed by atoms with Crippen molar-refractivity contribution >= 4 is 22.6 Å². The highest BCUT2D eigenvalue weighted by Gasteiger charge is 2.30. The normalized spacial score (nSPS) is 19.3. The van der Waals surface area contributed by atoms with Gasteiger partial charge in [0, 0.05) is 30.9 Å². The zero-order valence-electron chi connectivity index (χ0n) is 15.9. The molecule has 1 aliphatic heterocycles. The zero-order valence-corrected chi connectivity index (χ0v) is 15.9. The lowest BCUT2D eigenvalue weighted by atomic mass is 10.1. The minimum absolute atomic E-state index is 0.0402. The molecule has 0 bridgehead atoms. The number of ether oxygens (including phenoxy) is 1. The van der Waals surface area contributed by atoms with Crippen LogP contribution in [0.3, 0.4) is 0 Å². The van der Waals surface area contributed by atoms with E-state index in [0.717, 1.165) is 34.6 Å². The van der Waals surface area contributed by atoms with E-state index in [1.54, 1.807) is 6.07 Å². The summed E-state index contributed by atoms with van der Waals surface area (Å²) in [6.45, 7) is 2.36. The Labute approximate surface area is 162 Å². The molecule has 3 N–H and O–H groups in total. The second kappa shape index (κ2) is 7.33. The molecule has 6 nitrogen and oxygen atoms in total. The molecule has 2 aromatic carbocycles. The molecule has 3 aromatic rings. The number of imidazole rings is 1. The molecule has 2 atom stereocenters. The number of carbonyl (C=O) groups excluding carboxylic acids is 1.